The largest absolute Gasteiger partial charge is 0.394 e. The molecule has 0 bridgehead atoms. The Balaban J connectivity index is 1.15. The van der Waals surface area contributed by atoms with Crippen molar-refractivity contribution in [3.63, 3.8) is 0 Å². The standard InChI is InChI=1S/C48H82O19/c1-21(2)10-9-13-48(8,67-42-38(61)35(58)32(55)26(19-50)63-42)22-11-15-46(6)30(22)23(52)16-28-45(5)14-12-29(44(3,4)40(45)24(53)17-47(28,46)7)65-43-39(36(59)33(56)27(20-51)64-43)66-41-37(60)34(57)31(54)25(18-49)62-41/h10,22-43,49-61H,9,11-20H2,1-8H3/t22-,23+,24-,25+,26+,27+,28+,29-,30-,31+,32+,33+,34-,35-,36-,37+,38+,39+,40+,41-,42-,43-,45+,46+,47+,48-/m0/s1. The number of hydrogen-bond acceptors (Lipinski definition) is 19. The number of aliphatic hydroxyl groups is 13. The summed E-state index contributed by atoms with van der Waals surface area (Å²) in [5, 5.41) is 142. The van der Waals surface area contributed by atoms with Gasteiger partial charge in [-0.3, -0.25) is 0 Å². The average Bonchev–Trinajstić information content (AvgIpc) is 3.65. The highest BCUT2D eigenvalue weighted by atomic mass is 16.8. The molecule has 0 aromatic carbocycles. The van der Waals surface area contributed by atoms with Gasteiger partial charge in [-0.05, 0) is 117 Å². The first-order chi connectivity index (χ1) is 31.3. The maximum absolute atomic E-state index is 12.7. The van der Waals surface area contributed by atoms with Gasteiger partial charge in [0.15, 0.2) is 18.9 Å². The Morgan fingerprint density at radius 3 is 1.73 bits per heavy atom. The molecule has 3 aliphatic heterocycles. The fourth-order valence-electron chi connectivity index (χ4n) is 15.1. The molecule has 0 amide bonds. The minimum atomic E-state index is -1.83. The van der Waals surface area contributed by atoms with Crippen molar-refractivity contribution in [3.05, 3.63) is 11.6 Å². The van der Waals surface area contributed by atoms with Gasteiger partial charge in [0.2, 0.25) is 0 Å². The minimum absolute atomic E-state index is 0.0733. The van der Waals surface area contributed by atoms with Crippen LogP contribution in [0.4, 0.5) is 0 Å². The van der Waals surface area contributed by atoms with Crippen LogP contribution >= 0.6 is 0 Å². The summed E-state index contributed by atoms with van der Waals surface area (Å²) in [6.45, 7) is 14.6. The number of ether oxygens (including phenoxy) is 6. The summed E-state index contributed by atoms with van der Waals surface area (Å²) in [7, 11) is 0. The highest BCUT2D eigenvalue weighted by molar-refractivity contribution is 5.22. The average molecular weight is 963 g/mol. The molecule has 4 aliphatic carbocycles. The Labute approximate surface area is 393 Å². The SMILES string of the molecule is CC(C)=CCC[C@](C)(O[C@@H]1O[C@H](CO)[C@@H](O)[C@H](O)[C@H]1O)[C@H]1CC[C@]2(C)[C@@H]1[C@H](O)C[C@@H]1[C@@]3(C)CC[C@H](O[C@@H]4O[C@H](CO)[C@@H](O)[C@H](O)[C@H]4O[C@@H]4O[C@H](CO)[C@@H](O)[C@H](O)[C@H]4O)C(C)(C)[C@H]3[C@@H](O)C[C@]12C. The maximum Gasteiger partial charge on any atom is 0.187 e. The first kappa shape index (κ1) is 53.8. The van der Waals surface area contributed by atoms with E-state index in [9.17, 15) is 66.4 Å². The van der Waals surface area contributed by atoms with Crippen molar-refractivity contribution in [3.8, 4) is 0 Å². The minimum Gasteiger partial charge on any atom is -0.394 e. The van der Waals surface area contributed by atoms with Crippen LogP contribution in [-0.2, 0) is 28.4 Å². The topological polar surface area (TPSA) is 318 Å². The lowest BCUT2D eigenvalue weighted by Gasteiger charge is -2.71. The number of hydrogen-bond donors (Lipinski definition) is 13. The molecule has 13 N–H and O–H groups in total. The van der Waals surface area contributed by atoms with Crippen molar-refractivity contribution in [2.75, 3.05) is 19.8 Å². The van der Waals surface area contributed by atoms with Gasteiger partial charge in [0.1, 0.15) is 73.2 Å². The summed E-state index contributed by atoms with van der Waals surface area (Å²) in [5.41, 5.74) is -2.23. The molecule has 7 rings (SSSR count). The van der Waals surface area contributed by atoms with Crippen LogP contribution in [0.5, 0.6) is 0 Å². The molecular weight excluding hydrogens is 881 g/mol. The van der Waals surface area contributed by atoms with Crippen LogP contribution in [0, 0.1) is 45.3 Å². The number of rotatable bonds is 13. The summed E-state index contributed by atoms with van der Waals surface area (Å²) in [5.74, 6) is -1.02. The second kappa shape index (κ2) is 19.8. The van der Waals surface area contributed by atoms with E-state index in [1.54, 1.807) is 0 Å². The predicted molar refractivity (Wildman–Crippen MR) is 235 cm³/mol. The third-order valence-electron chi connectivity index (χ3n) is 18.7. The quantitative estimate of drug-likeness (QED) is 0.0773. The molecular formula is C48H82O19. The number of allylic oxidation sites excluding steroid dienone is 2. The Morgan fingerprint density at radius 1 is 0.627 bits per heavy atom. The molecule has 3 saturated heterocycles. The van der Waals surface area contributed by atoms with Crippen LogP contribution in [-0.4, -0.2) is 202 Å². The van der Waals surface area contributed by atoms with Gasteiger partial charge in [0.05, 0.1) is 43.7 Å². The molecule has 7 aliphatic rings. The van der Waals surface area contributed by atoms with Gasteiger partial charge < -0.3 is 94.8 Å². The monoisotopic (exact) mass is 963 g/mol. The number of fused-ring (bicyclic) bond motifs is 5. The summed E-state index contributed by atoms with van der Waals surface area (Å²) < 4.78 is 37.0. The molecule has 7 fully saturated rings. The van der Waals surface area contributed by atoms with E-state index in [0.717, 1.165) is 5.57 Å². The Kier molecular flexibility index (Phi) is 15.9. The van der Waals surface area contributed by atoms with Crippen LogP contribution in [0.1, 0.15) is 107 Å². The second-order valence-corrected chi connectivity index (χ2v) is 23.1. The van der Waals surface area contributed by atoms with E-state index in [0.29, 0.717) is 51.4 Å². The van der Waals surface area contributed by atoms with Gasteiger partial charge in [-0.25, -0.2) is 0 Å². The maximum atomic E-state index is 12.7. The van der Waals surface area contributed by atoms with E-state index < -0.39 is 158 Å². The molecule has 388 valence electrons. The highest BCUT2D eigenvalue weighted by Gasteiger charge is 2.74. The zero-order chi connectivity index (χ0) is 49.5. The smallest absolute Gasteiger partial charge is 0.187 e. The Morgan fingerprint density at radius 2 is 1.16 bits per heavy atom. The zero-order valence-electron chi connectivity index (χ0n) is 40.3. The Bertz CT molecular complexity index is 1710. The molecule has 0 aromatic heterocycles. The van der Waals surface area contributed by atoms with Gasteiger partial charge in [-0.2, -0.15) is 0 Å². The first-order valence-electron chi connectivity index (χ1n) is 24.5. The highest BCUT2D eigenvalue weighted by Crippen LogP contribution is 2.76. The van der Waals surface area contributed by atoms with Crippen molar-refractivity contribution < 1.29 is 94.8 Å². The fraction of sp³-hybridized carbons (Fsp3) is 0.958. The predicted octanol–water partition coefficient (Wildman–Crippen LogP) is -1.06. The van der Waals surface area contributed by atoms with Gasteiger partial charge in [0, 0.05) is 0 Å². The van der Waals surface area contributed by atoms with E-state index in [2.05, 4.69) is 26.8 Å². The van der Waals surface area contributed by atoms with Gasteiger partial charge in [-0.1, -0.05) is 46.3 Å². The van der Waals surface area contributed by atoms with Gasteiger partial charge in [0.25, 0.3) is 0 Å². The molecule has 4 saturated carbocycles. The Hall–Kier alpha value is -1.02. The summed E-state index contributed by atoms with van der Waals surface area (Å²) in [6, 6.07) is 0. The molecule has 19 nitrogen and oxygen atoms in total. The summed E-state index contributed by atoms with van der Waals surface area (Å²) >= 11 is 0. The number of aliphatic hydroxyl groups excluding tert-OH is 13. The molecule has 3 heterocycles. The summed E-state index contributed by atoms with van der Waals surface area (Å²) in [4.78, 5) is 0. The lowest BCUT2D eigenvalue weighted by Crippen LogP contribution is -2.70. The van der Waals surface area contributed by atoms with Crippen LogP contribution in [0.2, 0.25) is 0 Å². The third-order valence-corrected chi connectivity index (χ3v) is 18.7. The van der Waals surface area contributed by atoms with Crippen molar-refractivity contribution in [2.24, 2.45) is 45.3 Å². The van der Waals surface area contributed by atoms with Crippen LogP contribution in [0.3, 0.4) is 0 Å². The fourth-order valence-corrected chi connectivity index (χ4v) is 15.1. The van der Waals surface area contributed by atoms with E-state index in [-0.39, 0.29) is 23.7 Å². The van der Waals surface area contributed by atoms with Crippen LogP contribution in [0.15, 0.2) is 11.6 Å². The molecule has 0 aromatic rings. The zero-order valence-corrected chi connectivity index (χ0v) is 40.3. The van der Waals surface area contributed by atoms with E-state index in [4.69, 9.17) is 28.4 Å². The first-order valence-corrected chi connectivity index (χ1v) is 24.5. The van der Waals surface area contributed by atoms with Gasteiger partial charge in [-0.15, -0.1) is 0 Å². The normalized spacial score (nSPS) is 52.9. The van der Waals surface area contributed by atoms with Gasteiger partial charge >= 0.3 is 0 Å². The van der Waals surface area contributed by atoms with Crippen LogP contribution < -0.4 is 0 Å². The lowest BCUT2D eigenvalue weighted by atomic mass is 9.34. The van der Waals surface area contributed by atoms with E-state index in [1.165, 1.54) is 0 Å². The molecule has 67 heavy (non-hydrogen) atoms. The molecule has 0 unspecified atom stereocenters. The van der Waals surface area contributed by atoms with Crippen LogP contribution in [0.25, 0.3) is 0 Å². The molecule has 19 heteroatoms. The molecule has 26 atom stereocenters. The van der Waals surface area contributed by atoms with E-state index in [1.807, 2.05) is 34.6 Å². The molecule has 0 radical (unpaired) electrons. The summed E-state index contributed by atoms with van der Waals surface area (Å²) in [6.07, 6.45) is -19.2. The van der Waals surface area contributed by atoms with Crippen molar-refractivity contribution in [1.29, 1.82) is 0 Å². The molecule has 0 spiro atoms. The lowest BCUT2D eigenvalue weighted by molar-refractivity contribution is -0.380. The third kappa shape index (κ3) is 9.03. The van der Waals surface area contributed by atoms with Crippen molar-refractivity contribution >= 4 is 0 Å². The van der Waals surface area contributed by atoms with Crippen molar-refractivity contribution in [2.45, 2.75) is 223 Å². The second-order valence-electron chi connectivity index (χ2n) is 23.1. The van der Waals surface area contributed by atoms with E-state index >= 15 is 0 Å². The van der Waals surface area contributed by atoms with Crippen molar-refractivity contribution in [1.82, 2.24) is 0 Å².